The third-order valence-electron chi connectivity index (χ3n) is 4.11. The van der Waals surface area contributed by atoms with Crippen LogP contribution in [0.1, 0.15) is 11.5 Å². The lowest BCUT2D eigenvalue weighted by Crippen LogP contribution is -2.00. The zero-order valence-corrected chi connectivity index (χ0v) is 16.6. The summed E-state index contributed by atoms with van der Waals surface area (Å²) >= 11 is 18.5. The van der Waals surface area contributed by atoms with Gasteiger partial charge in [-0.05, 0) is 37.3 Å². The molecule has 2 aromatic carbocycles. The molecule has 0 radical (unpaired) electrons. The maximum absolute atomic E-state index is 6.44. The molecular weight excluding hydrogens is 407 g/mol. The van der Waals surface area contributed by atoms with Gasteiger partial charge in [-0.15, -0.1) is 10.2 Å². The lowest BCUT2D eigenvalue weighted by molar-refractivity contribution is 0.530. The number of aromatic nitrogens is 4. The fraction of sp³-hybridized carbons (Fsp3) is 0.105. The van der Waals surface area contributed by atoms with Crippen molar-refractivity contribution in [2.45, 2.75) is 13.8 Å². The molecule has 0 bridgehead atoms. The minimum Gasteiger partial charge on any atom is -0.420 e. The summed E-state index contributed by atoms with van der Waals surface area (Å²) < 4.78 is 7.34. The molecule has 0 aliphatic rings. The molecule has 0 aliphatic carbocycles. The molecule has 0 fully saturated rings. The van der Waals surface area contributed by atoms with E-state index in [1.807, 2.05) is 37.3 Å². The summed E-state index contributed by atoms with van der Waals surface area (Å²) in [5.41, 5.74) is 3.94. The average Bonchev–Trinajstić information content (AvgIpc) is 3.19. The van der Waals surface area contributed by atoms with Crippen molar-refractivity contribution in [2.75, 3.05) is 0 Å². The van der Waals surface area contributed by atoms with Crippen LogP contribution in [0, 0.1) is 13.8 Å². The summed E-state index contributed by atoms with van der Waals surface area (Å²) in [6, 6.07) is 12.8. The van der Waals surface area contributed by atoms with Gasteiger partial charge in [-0.25, -0.2) is 4.68 Å². The maximum Gasteiger partial charge on any atom is 0.268 e. The van der Waals surface area contributed by atoms with Crippen molar-refractivity contribution in [2.24, 2.45) is 0 Å². The van der Waals surface area contributed by atoms with Crippen LogP contribution < -0.4 is 0 Å². The first kappa shape index (κ1) is 18.0. The molecule has 5 nitrogen and oxygen atoms in total. The van der Waals surface area contributed by atoms with Crippen LogP contribution in [-0.2, 0) is 0 Å². The first-order valence-corrected chi connectivity index (χ1v) is 9.19. The van der Waals surface area contributed by atoms with E-state index in [9.17, 15) is 0 Å². The van der Waals surface area contributed by atoms with Crippen LogP contribution >= 0.6 is 34.8 Å². The number of aryl methyl sites for hydroxylation is 1. The van der Waals surface area contributed by atoms with Crippen molar-refractivity contribution in [1.82, 2.24) is 20.0 Å². The summed E-state index contributed by atoms with van der Waals surface area (Å²) in [6.07, 6.45) is 0. The Morgan fingerprint density at radius 1 is 0.889 bits per heavy atom. The molecule has 0 saturated heterocycles. The smallest absolute Gasteiger partial charge is 0.268 e. The van der Waals surface area contributed by atoms with Gasteiger partial charge in [0.15, 0.2) is 5.69 Å². The van der Waals surface area contributed by atoms with E-state index in [1.165, 1.54) is 0 Å². The van der Waals surface area contributed by atoms with Crippen LogP contribution in [0.25, 0.3) is 28.5 Å². The molecule has 0 unspecified atom stereocenters. The van der Waals surface area contributed by atoms with Crippen molar-refractivity contribution >= 4 is 34.8 Å². The molecule has 2 heterocycles. The molecule has 0 atom stereocenters. The third kappa shape index (κ3) is 3.34. The topological polar surface area (TPSA) is 56.7 Å². The standard InChI is InChI=1S/C19H13Cl3N4O/c1-10-17(19-24-23-11(2)27-19)25-26(16-8-7-14(21)9-15(16)22)18(10)12-3-5-13(20)6-4-12/h3-9H,1-2H3. The Morgan fingerprint density at radius 2 is 1.59 bits per heavy atom. The van der Waals surface area contributed by atoms with Gasteiger partial charge >= 0.3 is 0 Å². The molecule has 2 aromatic heterocycles. The second-order valence-corrected chi connectivity index (χ2v) is 7.24. The summed E-state index contributed by atoms with van der Waals surface area (Å²) in [6.45, 7) is 3.69. The molecule has 4 aromatic rings. The molecule has 136 valence electrons. The van der Waals surface area contributed by atoms with Gasteiger partial charge in [0.05, 0.1) is 16.4 Å². The van der Waals surface area contributed by atoms with E-state index >= 15 is 0 Å². The SMILES string of the molecule is Cc1nnc(-c2nn(-c3ccc(Cl)cc3Cl)c(-c3ccc(Cl)cc3)c2C)o1. The van der Waals surface area contributed by atoms with Crippen LogP contribution in [0.4, 0.5) is 0 Å². The van der Waals surface area contributed by atoms with E-state index in [0.717, 1.165) is 16.8 Å². The zero-order chi connectivity index (χ0) is 19.1. The highest BCUT2D eigenvalue weighted by Crippen LogP contribution is 2.36. The fourth-order valence-corrected chi connectivity index (χ4v) is 3.48. The third-order valence-corrected chi connectivity index (χ3v) is 4.90. The van der Waals surface area contributed by atoms with Crippen LogP contribution in [0.15, 0.2) is 46.9 Å². The number of halogens is 3. The maximum atomic E-state index is 6.44. The molecule has 0 N–H and O–H groups in total. The van der Waals surface area contributed by atoms with Crippen LogP contribution in [0.5, 0.6) is 0 Å². The Hall–Kier alpha value is -2.34. The normalized spacial score (nSPS) is 11.1. The molecular formula is C19H13Cl3N4O. The fourth-order valence-electron chi connectivity index (χ4n) is 2.87. The Labute approximate surface area is 170 Å². The monoisotopic (exact) mass is 418 g/mol. The van der Waals surface area contributed by atoms with Gasteiger partial charge in [0, 0.05) is 28.1 Å². The van der Waals surface area contributed by atoms with Crippen LogP contribution in [-0.4, -0.2) is 20.0 Å². The van der Waals surface area contributed by atoms with Gasteiger partial charge in [-0.3, -0.25) is 0 Å². The Kier molecular flexibility index (Phi) is 4.68. The van der Waals surface area contributed by atoms with Gasteiger partial charge in [-0.1, -0.05) is 46.9 Å². The summed E-state index contributed by atoms with van der Waals surface area (Å²) in [4.78, 5) is 0. The number of nitrogens with zero attached hydrogens (tertiary/aromatic N) is 4. The van der Waals surface area contributed by atoms with E-state index in [4.69, 9.17) is 44.3 Å². The molecule has 0 aliphatic heterocycles. The lowest BCUT2D eigenvalue weighted by Gasteiger charge is -2.11. The number of hydrogen-bond donors (Lipinski definition) is 0. The molecule has 0 spiro atoms. The quantitative estimate of drug-likeness (QED) is 0.398. The number of hydrogen-bond acceptors (Lipinski definition) is 4. The summed E-state index contributed by atoms with van der Waals surface area (Å²) in [5.74, 6) is 0.820. The van der Waals surface area contributed by atoms with Crippen molar-refractivity contribution in [1.29, 1.82) is 0 Å². The van der Waals surface area contributed by atoms with Crippen LogP contribution in [0.3, 0.4) is 0 Å². The highest BCUT2D eigenvalue weighted by Gasteiger charge is 2.23. The Balaban J connectivity index is 1.99. The predicted octanol–water partition coefficient (Wildman–Crippen LogP) is 6.17. The van der Waals surface area contributed by atoms with Crippen molar-refractivity contribution < 1.29 is 4.42 Å². The summed E-state index contributed by atoms with van der Waals surface area (Å²) in [7, 11) is 0. The highest BCUT2D eigenvalue weighted by molar-refractivity contribution is 6.35. The van der Waals surface area contributed by atoms with Gasteiger partial charge in [0.2, 0.25) is 5.89 Å². The van der Waals surface area contributed by atoms with Crippen molar-refractivity contribution in [3.05, 3.63) is 69.0 Å². The first-order chi connectivity index (χ1) is 12.9. The minimum absolute atomic E-state index is 0.351. The molecule has 27 heavy (non-hydrogen) atoms. The van der Waals surface area contributed by atoms with E-state index in [-0.39, 0.29) is 0 Å². The van der Waals surface area contributed by atoms with Crippen LogP contribution in [0.2, 0.25) is 15.1 Å². The van der Waals surface area contributed by atoms with Gasteiger partial charge in [0.25, 0.3) is 5.89 Å². The Morgan fingerprint density at radius 3 is 2.22 bits per heavy atom. The molecule has 8 heteroatoms. The van der Waals surface area contributed by atoms with E-state index in [1.54, 1.807) is 23.7 Å². The average molecular weight is 420 g/mol. The molecule has 4 rings (SSSR count). The van der Waals surface area contributed by atoms with E-state index in [2.05, 4.69) is 10.2 Å². The Bertz CT molecular complexity index is 1130. The first-order valence-electron chi connectivity index (χ1n) is 8.05. The summed E-state index contributed by atoms with van der Waals surface area (Å²) in [5, 5.41) is 14.4. The number of benzene rings is 2. The molecule has 0 saturated carbocycles. The van der Waals surface area contributed by atoms with E-state index in [0.29, 0.717) is 38.2 Å². The highest BCUT2D eigenvalue weighted by atomic mass is 35.5. The molecule has 0 amide bonds. The van der Waals surface area contributed by atoms with Gasteiger partial charge < -0.3 is 4.42 Å². The largest absolute Gasteiger partial charge is 0.420 e. The van der Waals surface area contributed by atoms with E-state index < -0.39 is 0 Å². The number of rotatable bonds is 3. The lowest BCUT2D eigenvalue weighted by atomic mass is 10.1. The minimum atomic E-state index is 0.351. The second kappa shape index (κ2) is 7.00. The second-order valence-electron chi connectivity index (χ2n) is 5.96. The van der Waals surface area contributed by atoms with Gasteiger partial charge in [0.1, 0.15) is 0 Å². The van der Waals surface area contributed by atoms with Crippen molar-refractivity contribution in [3.63, 3.8) is 0 Å². The van der Waals surface area contributed by atoms with Gasteiger partial charge in [-0.2, -0.15) is 5.10 Å². The van der Waals surface area contributed by atoms with Crippen molar-refractivity contribution in [3.8, 4) is 28.5 Å². The predicted molar refractivity (Wildman–Crippen MR) is 107 cm³/mol. The zero-order valence-electron chi connectivity index (χ0n) is 14.4.